The van der Waals surface area contributed by atoms with Gasteiger partial charge in [0.1, 0.15) is 5.70 Å². The maximum atomic E-state index is 5.46. The Labute approximate surface area is 95.8 Å². The number of hydrogen-bond donors (Lipinski definition) is 0. The Morgan fingerprint density at radius 3 is 2.75 bits per heavy atom. The highest BCUT2D eigenvalue weighted by Gasteiger charge is 2.20. The van der Waals surface area contributed by atoms with E-state index in [9.17, 15) is 0 Å². The van der Waals surface area contributed by atoms with Crippen LogP contribution < -0.4 is 0 Å². The molecule has 2 rings (SSSR count). The van der Waals surface area contributed by atoms with Crippen LogP contribution in [0.1, 0.15) is 12.6 Å². The number of aromatic nitrogens is 2. The Balaban J connectivity index is 2.45. The normalized spacial score (nSPS) is 20.5. The second-order valence-corrected chi connectivity index (χ2v) is 4.03. The minimum absolute atomic E-state index is 0.350. The largest absolute Gasteiger partial charge is 0.481 e. The van der Waals surface area contributed by atoms with Gasteiger partial charge in [-0.05, 0) is 19.9 Å². The van der Waals surface area contributed by atoms with E-state index in [1.807, 2.05) is 24.7 Å². The molecule has 0 bridgehead atoms. The second-order valence-electron chi connectivity index (χ2n) is 4.03. The Morgan fingerprint density at radius 2 is 2.19 bits per heavy atom. The van der Waals surface area contributed by atoms with Gasteiger partial charge >= 0.3 is 0 Å². The fourth-order valence-electron chi connectivity index (χ4n) is 1.79. The predicted octanol–water partition coefficient (Wildman–Crippen LogP) is 1.85. The SMILES string of the molecule is COC1=C(n2cnc(C)c2)C=CC(C)N1C. The molecule has 86 valence electrons. The zero-order chi connectivity index (χ0) is 11.7. The number of nitrogens with zero attached hydrogens (tertiary/aromatic N) is 3. The summed E-state index contributed by atoms with van der Waals surface area (Å²) in [6.45, 7) is 4.11. The molecule has 0 spiro atoms. The molecule has 1 aliphatic heterocycles. The van der Waals surface area contributed by atoms with E-state index in [2.05, 4.69) is 29.0 Å². The number of hydrogen-bond acceptors (Lipinski definition) is 3. The van der Waals surface area contributed by atoms with Crippen molar-refractivity contribution < 1.29 is 4.74 Å². The van der Waals surface area contributed by atoms with Gasteiger partial charge in [-0.25, -0.2) is 4.98 Å². The molecule has 0 amide bonds. The van der Waals surface area contributed by atoms with Crippen LogP contribution in [0.2, 0.25) is 0 Å². The molecule has 1 aromatic heterocycles. The number of methoxy groups -OCH3 is 1. The molecule has 1 unspecified atom stereocenters. The van der Waals surface area contributed by atoms with E-state index in [0.717, 1.165) is 17.3 Å². The van der Waals surface area contributed by atoms with Gasteiger partial charge in [-0.3, -0.25) is 0 Å². The quantitative estimate of drug-likeness (QED) is 0.760. The lowest BCUT2D eigenvalue weighted by Gasteiger charge is -2.30. The van der Waals surface area contributed by atoms with Crippen LogP contribution in [-0.4, -0.2) is 34.7 Å². The third kappa shape index (κ3) is 1.71. The standard InChI is InChI=1S/C12H17N3O/c1-9-7-15(8-13-9)11-6-5-10(2)14(3)12(11)16-4/h5-8,10H,1-4H3. The van der Waals surface area contributed by atoms with Crippen molar-refractivity contribution >= 4 is 5.70 Å². The summed E-state index contributed by atoms with van der Waals surface area (Å²) in [5.74, 6) is 0.868. The Bertz CT molecular complexity index is 445. The molecule has 1 aliphatic rings. The van der Waals surface area contributed by atoms with Gasteiger partial charge in [0.15, 0.2) is 0 Å². The van der Waals surface area contributed by atoms with Crippen molar-refractivity contribution in [3.63, 3.8) is 0 Å². The Morgan fingerprint density at radius 1 is 1.44 bits per heavy atom. The first kappa shape index (κ1) is 10.8. The van der Waals surface area contributed by atoms with Gasteiger partial charge in [0.05, 0.1) is 19.1 Å². The molecule has 0 aromatic carbocycles. The van der Waals surface area contributed by atoms with E-state index >= 15 is 0 Å². The highest BCUT2D eigenvalue weighted by Crippen LogP contribution is 2.23. The van der Waals surface area contributed by atoms with Crippen molar-refractivity contribution in [1.29, 1.82) is 0 Å². The lowest BCUT2D eigenvalue weighted by molar-refractivity contribution is 0.159. The van der Waals surface area contributed by atoms with Crippen LogP contribution in [0.15, 0.2) is 30.6 Å². The van der Waals surface area contributed by atoms with E-state index in [4.69, 9.17) is 4.74 Å². The zero-order valence-electron chi connectivity index (χ0n) is 10.1. The minimum atomic E-state index is 0.350. The molecule has 0 N–H and O–H groups in total. The van der Waals surface area contributed by atoms with Crippen LogP contribution in [0, 0.1) is 6.92 Å². The highest BCUT2D eigenvalue weighted by atomic mass is 16.5. The average Bonchev–Trinajstić information content (AvgIpc) is 2.68. The molecule has 16 heavy (non-hydrogen) atoms. The topological polar surface area (TPSA) is 30.3 Å². The van der Waals surface area contributed by atoms with E-state index in [1.165, 1.54) is 0 Å². The Kier molecular flexibility index (Phi) is 2.73. The zero-order valence-corrected chi connectivity index (χ0v) is 10.1. The van der Waals surface area contributed by atoms with Crippen LogP contribution in [0.25, 0.3) is 5.70 Å². The highest BCUT2D eigenvalue weighted by molar-refractivity contribution is 5.61. The van der Waals surface area contributed by atoms with Gasteiger partial charge in [0.25, 0.3) is 0 Å². The van der Waals surface area contributed by atoms with Crippen molar-refractivity contribution in [1.82, 2.24) is 14.5 Å². The monoisotopic (exact) mass is 219 g/mol. The second kappa shape index (κ2) is 4.04. The Hall–Kier alpha value is -1.71. The van der Waals surface area contributed by atoms with Crippen LogP contribution in [-0.2, 0) is 4.74 Å². The van der Waals surface area contributed by atoms with Crippen molar-refractivity contribution in [3.8, 4) is 0 Å². The van der Waals surface area contributed by atoms with E-state index in [1.54, 1.807) is 13.4 Å². The molecule has 0 fully saturated rings. The summed E-state index contributed by atoms with van der Waals surface area (Å²) in [5, 5.41) is 0. The number of imidazole rings is 1. The molecule has 2 heterocycles. The molecule has 4 nitrogen and oxygen atoms in total. The number of likely N-dealkylation sites (N-methyl/N-ethyl adjacent to an activating group) is 1. The molecule has 0 saturated carbocycles. The van der Waals surface area contributed by atoms with Crippen LogP contribution in [0.4, 0.5) is 0 Å². The van der Waals surface area contributed by atoms with Gasteiger partial charge in [0.2, 0.25) is 5.88 Å². The molecule has 1 aromatic rings. The van der Waals surface area contributed by atoms with Crippen LogP contribution in [0.3, 0.4) is 0 Å². The maximum absolute atomic E-state index is 5.46. The van der Waals surface area contributed by atoms with Gasteiger partial charge in [-0.15, -0.1) is 0 Å². The third-order valence-corrected chi connectivity index (χ3v) is 2.87. The van der Waals surface area contributed by atoms with E-state index in [0.29, 0.717) is 6.04 Å². The van der Waals surface area contributed by atoms with Gasteiger partial charge in [-0.1, -0.05) is 6.08 Å². The maximum Gasteiger partial charge on any atom is 0.214 e. The van der Waals surface area contributed by atoms with Crippen LogP contribution >= 0.6 is 0 Å². The summed E-state index contributed by atoms with van der Waals surface area (Å²) in [6, 6.07) is 0.350. The summed E-state index contributed by atoms with van der Waals surface area (Å²) < 4.78 is 7.44. The average molecular weight is 219 g/mol. The summed E-state index contributed by atoms with van der Waals surface area (Å²) in [7, 11) is 3.72. The van der Waals surface area contributed by atoms with Crippen LogP contribution in [0.5, 0.6) is 0 Å². The molecule has 0 saturated heterocycles. The van der Waals surface area contributed by atoms with Crippen molar-refractivity contribution in [3.05, 3.63) is 36.3 Å². The number of allylic oxidation sites excluding steroid dienone is 2. The van der Waals surface area contributed by atoms with Gasteiger partial charge in [0, 0.05) is 19.3 Å². The molecule has 0 radical (unpaired) electrons. The minimum Gasteiger partial charge on any atom is -0.481 e. The van der Waals surface area contributed by atoms with Crippen molar-refractivity contribution in [2.45, 2.75) is 19.9 Å². The van der Waals surface area contributed by atoms with Gasteiger partial charge in [-0.2, -0.15) is 0 Å². The van der Waals surface area contributed by atoms with Gasteiger partial charge < -0.3 is 14.2 Å². The number of rotatable bonds is 2. The summed E-state index contributed by atoms with van der Waals surface area (Å²) in [5.41, 5.74) is 2.02. The molecule has 0 aliphatic carbocycles. The molecule has 1 atom stereocenters. The third-order valence-electron chi connectivity index (χ3n) is 2.87. The lowest BCUT2D eigenvalue weighted by atomic mass is 10.2. The van der Waals surface area contributed by atoms with Crippen molar-refractivity contribution in [2.75, 3.05) is 14.2 Å². The fourth-order valence-corrected chi connectivity index (χ4v) is 1.79. The number of aryl methyl sites for hydroxylation is 1. The van der Waals surface area contributed by atoms with E-state index < -0.39 is 0 Å². The smallest absolute Gasteiger partial charge is 0.214 e. The van der Waals surface area contributed by atoms with Crippen molar-refractivity contribution in [2.24, 2.45) is 0 Å². The molecular weight excluding hydrogens is 202 g/mol. The first-order chi connectivity index (χ1) is 7.63. The molecular formula is C12H17N3O. The summed E-state index contributed by atoms with van der Waals surface area (Å²) in [4.78, 5) is 6.33. The lowest BCUT2D eigenvalue weighted by Crippen LogP contribution is -2.31. The first-order valence-corrected chi connectivity index (χ1v) is 5.33. The first-order valence-electron chi connectivity index (χ1n) is 5.33. The molecule has 4 heteroatoms. The summed E-state index contributed by atoms with van der Waals surface area (Å²) >= 11 is 0. The van der Waals surface area contributed by atoms with E-state index in [-0.39, 0.29) is 0 Å². The predicted molar refractivity (Wildman–Crippen MR) is 63.6 cm³/mol. The fraction of sp³-hybridized carbons (Fsp3) is 0.417. The summed E-state index contributed by atoms with van der Waals surface area (Å²) in [6.07, 6.45) is 8.01. The number of ether oxygens (including phenoxy) is 1.